The number of amides is 1. The van der Waals surface area contributed by atoms with Crippen LogP contribution in [-0.4, -0.2) is 18.7 Å². The van der Waals surface area contributed by atoms with Crippen molar-refractivity contribution < 1.29 is 14.3 Å². The Bertz CT molecular complexity index is 1050. The number of rotatable bonds is 12. The van der Waals surface area contributed by atoms with E-state index in [0.717, 1.165) is 29.7 Å². The molecule has 1 amide bonds. The minimum atomic E-state index is -0.310. The number of para-hydroxylation sites is 1. The standard InChI is InChI=1S/C27H29ClN2O3/c1-2-3-4-9-18-32-26-13-8-6-11-24(26)27(31)30-29-19-21-14-16-23(17-15-21)33-20-22-10-5-7-12-25(22)28/h5-8,10-17,19H,2-4,9,18,20H2,1H3,(H,30,31)/b29-19+. The fourth-order valence-corrected chi connectivity index (χ4v) is 3.33. The lowest BCUT2D eigenvalue weighted by Gasteiger charge is -2.10. The first kappa shape index (κ1) is 24.3. The number of nitrogens with zero attached hydrogens (tertiary/aromatic N) is 1. The Morgan fingerprint density at radius 3 is 2.48 bits per heavy atom. The van der Waals surface area contributed by atoms with Crippen LogP contribution in [0.15, 0.2) is 77.9 Å². The highest BCUT2D eigenvalue weighted by molar-refractivity contribution is 6.31. The van der Waals surface area contributed by atoms with Crippen molar-refractivity contribution in [2.45, 2.75) is 39.2 Å². The molecule has 0 spiro atoms. The topological polar surface area (TPSA) is 59.9 Å². The second kappa shape index (κ2) is 13.3. The number of carbonyl (C=O) groups excluding carboxylic acids is 1. The molecule has 0 saturated carbocycles. The highest BCUT2D eigenvalue weighted by Crippen LogP contribution is 2.20. The average Bonchev–Trinajstić information content (AvgIpc) is 2.84. The van der Waals surface area contributed by atoms with Gasteiger partial charge in [-0.2, -0.15) is 5.10 Å². The number of nitrogens with one attached hydrogen (secondary N) is 1. The molecule has 172 valence electrons. The molecule has 1 N–H and O–H groups in total. The normalized spacial score (nSPS) is 10.8. The van der Waals surface area contributed by atoms with Gasteiger partial charge in [-0.05, 0) is 54.4 Å². The van der Waals surface area contributed by atoms with Crippen LogP contribution in [0.3, 0.4) is 0 Å². The maximum Gasteiger partial charge on any atom is 0.275 e. The molecule has 0 unspecified atom stereocenters. The van der Waals surface area contributed by atoms with Gasteiger partial charge in [-0.25, -0.2) is 5.43 Å². The SMILES string of the molecule is CCCCCCOc1ccccc1C(=O)N/N=C/c1ccc(OCc2ccccc2Cl)cc1. The molecular formula is C27H29ClN2O3. The van der Waals surface area contributed by atoms with Crippen molar-refractivity contribution in [3.8, 4) is 11.5 Å². The molecule has 5 nitrogen and oxygen atoms in total. The molecule has 0 saturated heterocycles. The Morgan fingerprint density at radius 2 is 1.70 bits per heavy atom. The molecule has 3 aromatic carbocycles. The molecule has 3 aromatic rings. The lowest BCUT2D eigenvalue weighted by atomic mass is 10.2. The van der Waals surface area contributed by atoms with E-state index in [0.29, 0.717) is 29.5 Å². The van der Waals surface area contributed by atoms with Crippen LogP contribution in [0.5, 0.6) is 11.5 Å². The summed E-state index contributed by atoms with van der Waals surface area (Å²) in [6.07, 6.45) is 6.05. The number of carbonyl (C=O) groups is 1. The smallest absolute Gasteiger partial charge is 0.275 e. The number of hydrogen-bond acceptors (Lipinski definition) is 4. The van der Waals surface area contributed by atoms with E-state index in [1.807, 2.05) is 60.7 Å². The Kier molecular flexibility index (Phi) is 9.80. The maximum atomic E-state index is 12.6. The van der Waals surface area contributed by atoms with Crippen molar-refractivity contribution >= 4 is 23.7 Å². The molecule has 3 rings (SSSR count). The van der Waals surface area contributed by atoms with Gasteiger partial charge in [0, 0.05) is 10.6 Å². The number of benzene rings is 3. The summed E-state index contributed by atoms with van der Waals surface area (Å²) in [5, 5.41) is 4.76. The lowest BCUT2D eigenvalue weighted by Crippen LogP contribution is -2.18. The Morgan fingerprint density at radius 1 is 0.939 bits per heavy atom. The molecule has 0 atom stereocenters. The zero-order valence-corrected chi connectivity index (χ0v) is 19.6. The maximum absolute atomic E-state index is 12.6. The van der Waals surface area contributed by atoms with E-state index in [-0.39, 0.29) is 5.91 Å². The van der Waals surface area contributed by atoms with E-state index >= 15 is 0 Å². The van der Waals surface area contributed by atoms with Gasteiger partial charge in [0.2, 0.25) is 0 Å². The highest BCUT2D eigenvalue weighted by Gasteiger charge is 2.11. The van der Waals surface area contributed by atoms with E-state index in [9.17, 15) is 4.79 Å². The minimum Gasteiger partial charge on any atom is -0.493 e. The molecule has 0 bridgehead atoms. The highest BCUT2D eigenvalue weighted by atomic mass is 35.5. The number of hydrogen-bond donors (Lipinski definition) is 1. The summed E-state index contributed by atoms with van der Waals surface area (Å²) >= 11 is 6.16. The third kappa shape index (κ3) is 7.95. The van der Waals surface area contributed by atoms with Crippen molar-refractivity contribution in [2.24, 2.45) is 5.10 Å². The largest absolute Gasteiger partial charge is 0.493 e. The molecule has 0 fully saturated rings. The number of hydrazone groups is 1. The van der Waals surface area contributed by atoms with Gasteiger partial charge in [-0.3, -0.25) is 4.79 Å². The van der Waals surface area contributed by atoms with Crippen molar-refractivity contribution in [3.63, 3.8) is 0 Å². The van der Waals surface area contributed by atoms with Crippen LogP contribution in [0, 0.1) is 0 Å². The number of ether oxygens (including phenoxy) is 2. The molecule has 0 aliphatic rings. The molecule has 6 heteroatoms. The average molecular weight is 465 g/mol. The summed E-state index contributed by atoms with van der Waals surface area (Å²) in [7, 11) is 0. The van der Waals surface area contributed by atoms with E-state index < -0.39 is 0 Å². The number of unbranched alkanes of at least 4 members (excludes halogenated alkanes) is 3. The van der Waals surface area contributed by atoms with Gasteiger partial charge in [0.05, 0.1) is 18.4 Å². The molecule has 0 radical (unpaired) electrons. The first-order chi connectivity index (χ1) is 16.2. The van der Waals surface area contributed by atoms with Crippen LogP contribution >= 0.6 is 11.6 Å². The molecule has 0 aliphatic carbocycles. The van der Waals surface area contributed by atoms with Crippen LogP contribution in [0.25, 0.3) is 0 Å². The summed E-state index contributed by atoms with van der Waals surface area (Å²) in [4.78, 5) is 12.6. The zero-order chi connectivity index (χ0) is 23.3. The lowest BCUT2D eigenvalue weighted by molar-refractivity contribution is 0.0951. The van der Waals surface area contributed by atoms with Crippen LogP contribution in [0.2, 0.25) is 5.02 Å². The third-order valence-electron chi connectivity index (χ3n) is 5.00. The second-order valence-electron chi connectivity index (χ2n) is 7.55. The Hall–Kier alpha value is -3.31. The van der Waals surface area contributed by atoms with E-state index in [2.05, 4.69) is 17.5 Å². The fourth-order valence-electron chi connectivity index (χ4n) is 3.14. The van der Waals surface area contributed by atoms with E-state index in [4.69, 9.17) is 21.1 Å². The minimum absolute atomic E-state index is 0.310. The first-order valence-electron chi connectivity index (χ1n) is 11.2. The fraction of sp³-hybridized carbons (Fsp3) is 0.259. The predicted molar refractivity (Wildman–Crippen MR) is 133 cm³/mol. The zero-order valence-electron chi connectivity index (χ0n) is 18.8. The van der Waals surface area contributed by atoms with Gasteiger partial charge in [0.1, 0.15) is 18.1 Å². The van der Waals surface area contributed by atoms with Crippen molar-refractivity contribution in [1.29, 1.82) is 0 Å². The molecular weight excluding hydrogens is 436 g/mol. The number of halogens is 1. The van der Waals surface area contributed by atoms with Gasteiger partial charge in [-0.1, -0.05) is 68.1 Å². The second-order valence-corrected chi connectivity index (χ2v) is 7.96. The van der Waals surface area contributed by atoms with E-state index in [1.165, 1.54) is 12.8 Å². The third-order valence-corrected chi connectivity index (χ3v) is 5.37. The van der Waals surface area contributed by atoms with Crippen molar-refractivity contribution in [2.75, 3.05) is 6.61 Å². The summed E-state index contributed by atoms with van der Waals surface area (Å²) in [6, 6.07) is 22.2. The summed E-state index contributed by atoms with van der Waals surface area (Å²) in [6.45, 7) is 3.16. The molecule has 0 aromatic heterocycles. The van der Waals surface area contributed by atoms with Gasteiger partial charge < -0.3 is 9.47 Å². The van der Waals surface area contributed by atoms with E-state index in [1.54, 1.807) is 18.3 Å². The van der Waals surface area contributed by atoms with Crippen LogP contribution in [-0.2, 0) is 6.61 Å². The van der Waals surface area contributed by atoms with Gasteiger partial charge >= 0.3 is 0 Å². The monoisotopic (exact) mass is 464 g/mol. The first-order valence-corrected chi connectivity index (χ1v) is 11.6. The van der Waals surface area contributed by atoms with Crippen LogP contribution < -0.4 is 14.9 Å². The van der Waals surface area contributed by atoms with Crippen LogP contribution in [0.4, 0.5) is 0 Å². The van der Waals surface area contributed by atoms with Crippen LogP contribution in [0.1, 0.15) is 54.1 Å². The molecule has 33 heavy (non-hydrogen) atoms. The van der Waals surface area contributed by atoms with Gasteiger partial charge in [0.25, 0.3) is 5.91 Å². The van der Waals surface area contributed by atoms with Crippen molar-refractivity contribution in [3.05, 3.63) is 94.5 Å². The predicted octanol–water partition coefficient (Wildman–Crippen LogP) is 6.64. The van der Waals surface area contributed by atoms with Gasteiger partial charge in [0.15, 0.2) is 0 Å². The van der Waals surface area contributed by atoms with Gasteiger partial charge in [-0.15, -0.1) is 0 Å². The quantitative estimate of drug-likeness (QED) is 0.185. The van der Waals surface area contributed by atoms with Crippen molar-refractivity contribution in [1.82, 2.24) is 5.43 Å². The summed E-state index contributed by atoms with van der Waals surface area (Å²) < 4.78 is 11.6. The summed E-state index contributed by atoms with van der Waals surface area (Å²) in [5.74, 6) is 0.984. The molecule has 0 heterocycles. The Balaban J connectivity index is 1.49. The molecule has 0 aliphatic heterocycles. The summed E-state index contributed by atoms with van der Waals surface area (Å²) in [5.41, 5.74) is 4.80. The Labute approximate surface area is 200 Å².